The molecule has 2 fully saturated rings. The zero-order chi connectivity index (χ0) is 20.8. The van der Waals surface area contributed by atoms with E-state index in [9.17, 15) is 9.90 Å². The molecule has 0 radical (unpaired) electrons. The molecular weight excluding hydrogens is 356 g/mol. The van der Waals surface area contributed by atoms with Gasteiger partial charge in [0.25, 0.3) is 0 Å². The number of aliphatic hydroxyl groups is 1. The highest BCUT2D eigenvalue weighted by molar-refractivity contribution is 5.94. The summed E-state index contributed by atoms with van der Waals surface area (Å²) in [7, 11) is 0. The van der Waals surface area contributed by atoms with Crippen LogP contribution in [0.3, 0.4) is 0 Å². The molecule has 0 spiro atoms. The first kappa shape index (κ1) is 21.3. The lowest BCUT2D eigenvalue weighted by Crippen LogP contribution is -2.52. The third-order valence-corrected chi connectivity index (χ3v) is 9.85. The summed E-state index contributed by atoms with van der Waals surface area (Å²) in [6.07, 6.45) is 17.8. The van der Waals surface area contributed by atoms with Crippen LogP contribution in [0.25, 0.3) is 0 Å². The van der Waals surface area contributed by atoms with Crippen molar-refractivity contribution < 1.29 is 9.90 Å². The third-order valence-electron chi connectivity index (χ3n) is 9.85. The molecule has 29 heavy (non-hydrogen) atoms. The van der Waals surface area contributed by atoms with Gasteiger partial charge in [-0.25, -0.2) is 0 Å². The highest BCUT2D eigenvalue weighted by Gasteiger charge is 2.60. The van der Waals surface area contributed by atoms with E-state index >= 15 is 0 Å². The Morgan fingerprint density at radius 1 is 1.14 bits per heavy atom. The van der Waals surface area contributed by atoms with E-state index in [1.54, 1.807) is 0 Å². The molecule has 4 aliphatic carbocycles. The molecular formula is C27H42O2. The molecule has 0 aromatic carbocycles. The summed E-state index contributed by atoms with van der Waals surface area (Å²) in [4.78, 5) is 13.3. The fourth-order valence-electron chi connectivity index (χ4n) is 8.07. The van der Waals surface area contributed by atoms with Crippen LogP contribution in [0.4, 0.5) is 0 Å². The van der Waals surface area contributed by atoms with Crippen molar-refractivity contribution in [3.63, 3.8) is 0 Å². The molecule has 0 heterocycles. The van der Waals surface area contributed by atoms with Gasteiger partial charge < -0.3 is 5.11 Å². The van der Waals surface area contributed by atoms with Crippen LogP contribution in [0, 0.1) is 46.3 Å². The van der Waals surface area contributed by atoms with Gasteiger partial charge in [0.15, 0.2) is 5.78 Å². The molecule has 2 nitrogen and oxygen atoms in total. The van der Waals surface area contributed by atoms with E-state index in [-0.39, 0.29) is 11.3 Å². The molecule has 0 saturated heterocycles. The standard InChI is InChI=1S/C27H42O2/c1-18(17-28)8-7-9-19(2)21-11-12-22-25-23(13-15-27(21,22)4)26(3)14-6-5-10-20(26)16-24(25)29/h6,14,16,18-19,21-23,25,28H,5,7-13,15,17H2,1-4H3/t18?,19-,21-,22+,23+,25+,26+,27-/m1/s1. The van der Waals surface area contributed by atoms with Crippen molar-refractivity contribution in [2.24, 2.45) is 46.3 Å². The summed E-state index contributed by atoms with van der Waals surface area (Å²) in [5.41, 5.74) is 1.87. The highest BCUT2D eigenvalue weighted by atomic mass is 16.3. The topological polar surface area (TPSA) is 37.3 Å². The molecule has 0 bridgehead atoms. The van der Waals surface area contributed by atoms with Crippen molar-refractivity contribution in [3.8, 4) is 0 Å². The second-order valence-corrected chi connectivity index (χ2v) is 11.5. The van der Waals surface area contributed by atoms with Gasteiger partial charge in [0.1, 0.15) is 0 Å². The maximum atomic E-state index is 13.3. The average Bonchev–Trinajstić information content (AvgIpc) is 3.05. The van der Waals surface area contributed by atoms with E-state index in [0.717, 1.165) is 31.1 Å². The van der Waals surface area contributed by atoms with E-state index in [1.807, 2.05) is 0 Å². The second-order valence-electron chi connectivity index (χ2n) is 11.5. The summed E-state index contributed by atoms with van der Waals surface area (Å²) in [5.74, 6) is 3.70. The minimum Gasteiger partial charge on any atom is -0.396 e. The lowest BCUT2D eigenvalue weighted by molar-refractivity contribution is -0.132. The fraction of sp³-hybridized carbons (Fsp3) is 0.815. The molecule has 0 aliphatic heterocycles. The Hall–Kier alpha value is -0.890. The third kappa shape index (κ3) is 3.48. The van der Waals surface area contributed by atoms with Crippen molar-refractivity contribution in [2.75, 3.05) is 6.61 Å². The summed E-state index contributed by atoms with van der Waals surface area (Å²) in [6.45, 7) is 9.86. The number of fused-ring (bicyclic) bond motifs is 5. The van der Waals surface area contributed by atoms with E-state index in [1.165, 1.54) is 44.1 Å². The number of rotatable bonds is 6. The smallest absolute Gasteiger partial charge is 0.159 e. The number of ketones is 1. The first-order valence-corrected chi connectivity index (χ1v) is 12.3. The number of hydrogen-bond donors (Lipinski definition) is 1. The van der Waals surface area contributed by atoms with E-state index in [2.05, 4.69) is 45.9 Å². The molecule has 2 saturated carbocycles. The zero-order valence-corrected chi connectivity index (χ0v) is 19.1. The Morgan fingerprint density at radius 3 is 2.69 bits per heavy atom. The number of aliphatic hydroxyl groups excluding tert-OH is 1. The summed E-state index contributed by atoms with van der Waals surface area (Å²) < 4.78 is 0. The molecule has 4 rings (SSSR count). The van der Waals surface area contributed by atoms with E-state index in [0.29, 0.717) is 35.6 Å². The van der Waals surface area contributed by atoms with Crippen LogP contribution < -0.4 is 0 Å². The maximum absolute atomic E-state index is 13.3. The molecule has 0 aromatic rings. The van der Waals surface area contributed by atoms with Gasteiger partial charge in [0.2, 0.25) is 0 Å². The van der Waals surface area contributed by atoms with Crippen LogP contribution in [-0.2, 0) is 4.79 Å². The van der Waals surface area contributed by atoms with E-state index in [4.69, 9.17) is 0 Å². The maximum Gasteiger partial charge on any atom is 0.159 e. The molecule has 8 atom stereocenters. The van der Waals surface area contributed by atoms with Gasteiger partial charge in [-0.1, -0.05) is 58.3 Å². The molecule has 162 valence electrons. The van der Waals surface area contributed by atoms with Gasteiger partial charge in [-0.05, 0) is 86.0 Å². The Balaban J connectivity index is 1.52. The Kier molecular flexibility index (Phi) is 5.88. The quantitative estimate of drug-likeness (QED) is 0.530. The van der Waals surface area contributed by atoms with Crippen LogP contribution >= 0.6 is 0 Å². The van der Waals surface area contributed by atoms with Gasteiger partial charge in [-0.15, -0.1) is 0 Å². The number of allylic oxidation sites excluding steroid dienone is 4. The lowest BCUT2D eigenvalue weighted by Gasteiger charge is -2.56. The number of carbonyl (C=O) groups is 1. The highest BCUT2D eigenvalue weighted by Crippen LogP contribution is 2.66. The Morgan fingerprint density at radius 2 is 1.93 bits per heavy atom. The lowest BCUT2D eigenvalue weighted by atomic mass is 9.47. The minimum absolute atomic E-state index is 0.127. The van der Waals surface area contributed by atoms with Crippen molar-refractivity contribution in [2.45, 2.75) is 85.5 Å². The summed E-state index contributed by atoms with van der Waals surface area (Å²) >= 11 is 0. The predicted molar refractivity (Wildman–Crippen MR) is 119 cm³/mol. The summed E-state index contributed by atoms with van der Waals surface area (Å²) in [5, 5.41) is 9.30. The van der Waals surface area contributed by atoms with Gasteiger partial charge in [0, 0.05) is 17.9 Å². The largest absolute Gasteiger partial charge is 0.396 e. The van der Waals surface area contributed by atoms with Gasteiger partial charge >= 0.3 is 0 Å². The normalized spacial score (nSPS) is 43.2. The van der Waals surface area contributed by atoms with Crippen LogP contribution in [-0.4, -0.2) is 17.5 Å². The zero-order valence-electron chi connectivity index (χ0n) is 19.1. The van der Waals surface area contributed by atoms with Gasteiger partial charge in [-0.3, -0.25) is 4.79 Å². The molecule has 0 aromatic heterocycles. The summed E-state index contributed by atoms with van der Waals surface area (Å²) in [6, 6.07) is 0. The molecule has 1 unspecified atom stereocenters. The fourth-order valence-corrected chi connectivity index (χ4v) is 8.07. The van der Waals surface area contributed by atoms with Crippen molar-refractivity contribution in [3.05, 3.63) is 23.8 Å². The average molecular weight is 399 g/mol. The molecule has 2 heteroatoms. The Labute approximate surface area is 178 Å². The van der Waals surface area contributed by atoms with Gasteiger partial charge in [0.05, 0.1) is 0 Å². The van der Waals surface area contributed by atoms with Crippen molar-refractivity contribution >= 4 is 5.78 Å². The predicted octanol–water partition coefficient (Wildman–Crippen LogP) is 6.35. The Bertz CT molecular complexity index is 691. The van der Waals surface area contributed by atoms with Crippen molar-refractivity contribution in [1.82, 2.24) is 0 Å². The number of hydrogen-bond acceptors (Lipinski definition) is 2. The van der Waals surface area contributed by atoms with Crippen LogP contribution in [0.15, 0.2) is 23.8 Å². The second kappa shape index (κ2) is 7.98. The first-order valence-electron chi connectivity index (χ1n) is 12.3. The molecule has 1 N–H and O–H groups in total. The van der Waals surface area contributed by atoms with Gasteiger partial charge in [-0.2, -0.15) is 0 Å². The molecule has 4 aliphatic rings. The van der Waals surface area contributed by atoms with E-state index < -0.39 is 0 Å². The van der Waals surface area contributed by atoms with Crippen LogP contribution in [0.2, 0.25) is 0 Å². The minimum atomic E-state index is 0.127. The molecule has 0 amide bonds. The van der Waals surface area contributed by atoms with Crippen LogP contribution in [0.1, 0.15) is 85.5 Å². The monoisotopic (exact) mass is 398 g/mol. The SMILES string of the molecule is CC(CO)CCC[C@@H](C)[C@H]1CC[C@H]2[C@@H]3C(=O)C=C4CCC=C[C@]4(C)[C@H]3CC[C@]12C. The number of carbonyl (C=O) groups excluding carboxylic acids is 1. The van der Waals surface area contributed by atoms with Crippen molar-refractivity contribution in [1.29, 1.82) is 0 Å². The van der Waals surface area contributed by atoms with Crippen LogP contribution in [0.5, 0.6) is 0 Å². The first-order chi connectivity index (χ1) is 13.8.